The Morgan fingerprint density at radius 1 is 1.12 bits per heavy atom. The predicted octanol–water partition coefficient (Wildman–Crippen LogP) is 1.84. The first kappa shape index (κ1) is 13.7. The SMILES string of the molecule is CCNCC(=O)NCc1cc(C)c(C)cc1C. The van der Waals surface area contributed by atoms with Gasteiger partial charge < -0.3 is 10.6 Å². The topological polar surface area (TPSA) is 41.1 Å². The third kappa shape index (κ3) is 4.19. The van der Waals surface area contributed by atoms with E-state index in [-0.39, 0.29) is 5.91 Å². The van der Waals surface area contributed by atoms with E-state index in [1.54, 1.807) is 0 Å². The van der Waals surface area contributed by atoms with Gasteiger partial charge in [-0.15, -0.1) is 0 Å². The van der Waals surface area contributed by atoms with E-state index in [0.717, 1.165) is 6.54 Å². The van der Waals surface area contributed by atoms with Gasteiger partial charge in [-0.05, 0) is 49.6 Å². The van der Waals surface area contributed by atoms with E-state index >= 15 is 0 Å². The van der Waals surface area contributed by atoms with Crippen LogP contribution in [0.25, 0.3) is 0 Å². The molecule has 3 heteroatoms. The molecule has 0 unspecified atom stereocenters. The Morgan fingerprint density at radius 2 is 1.76 bits per heavy atom. The van der Waals surface area contributed by atoms with E-state index in [0.29, 0.717) is 13.1 Å². The molecule has 0 aliphatic heterocycles. The summed E-state index contributed by atoms with van der Waals surface area (Å²) < 4.78 is 0. The smallest absolute Gasteiger partial charge is 0.234 e. The van der Waals surface area contributed by atoms with Gasteiger partial charge in [-0.3, -0.25) is 4.79 Å². The van der Waals surface area contributed by atoms with Crippen molar-refractivity contribution in [2.24, 2.45) is 0 Å². The molecule has 0 aliphatic carbocycles. The fourth-order valence-corrected chi connectivity index (χ4v) is 1.71. The summed E-state index contributed by atoms with van der Waals surface area (Å²) in [7, 11) is 0. The molecule has 1 aromatic carbocycles. The van der Waals surface area contributed by atoms with Crippen LogP contribution in [0, 0.1) is 20.8 Å². The van der Waals surface area contributed by atoms with E-state index in [9.17, 15) is 4.79 Å². The Kier molecular flexibility index (Phi) is 5.16. The number of carbonyl (C=O) groups is 1. The average Bonchev–Trinajstić information content (AvgIpc) is 2.29. The van der Waals surface area contributed by atoms with Crippen molar-refractivity contribution in [2.75, 3.05) is 13.1 Å². The fourth-order valence-electron chi connectivity index (χ4n) is 1.71. The van der Waals surface area contributed by atoms with Crippen LogP contribution in [0.1, 0.15) is 29.2 Å². The molecule has 3 nitrogen and oxygen atoms in total. The van der Waals surface area contributed by atoms with Crippen LogP contribution < -0.4 is 10.6 Å². The van der Waals surface area contributed by atoms with Crippen LogP contribution in [-0.2, 0) is 11.3 Å². The predicted molar refractivity (Wildman–Crippen MR) is 71.0 cm³/mol. The van der Waals surface area contributed by atoms with Gasteiger partial charge in [0.25, 0.3) is 0 Å². The first-order chi connectivity index (χ1) is 8.04. The Morgan fingerprint density at radius 3 is 2.41 bits per heavy atom. The normalized spacial score (nSPS) is 10.4. The Hall–Kier alpha value is -1.35. The summed E-state index contributed by atoms with van der Waals surface area (Å²) in [6.45, 7) is 10.1. The minimum absolute atomic E-state index is 0.0458. The van der Waals surface area contributed by atoms with Crippen LogP contribution in [0.3, 0.4) is 0 Å². The fraction of sp³-hybridized carbons (Fsp3) is 0.500. The highest BCUT2D eigenvalue weighted by Crippen LogP contribution is 2.14. The maximum atomic E-state index is 11.5. The lowest BCUT2D eigenvalue weighted by Gasteiger charge is -2.11. The minimum atomic E-state index is 0.0458. The molecule has 0 radical (unpaired) electrons. The molecule has 0 heterocycles. The largest absolute Gasteiger partial charge is 0.351 e. The zero-order chi connectivity index (χ0) is 12.8. The Labute approximate surface area is 104 Å². The van der Waals surface area contributed by atoms with Gasteiger partial charge in [-0.2, -0.15) is 0 Å². The van der Waals surface area contributed by atoms with Crippen LogP contribution >= 0.6 is 0 Å². The maximum absolute atomic E-state index is 11.5. The van der Waals surface area contributed by atoms with E-state index in [1.807, 2.05) is 6.92 Å². The van der Waals surface area contributed by atoms with Crippen molar-refractivity contribution in [1.29, 1.82) is 0 Å². The van der Waals surface area contributed by atoms with Crippen molar-refractivity contribution in [3.8, 4) is 0 Å². The summed E-state index contributed by atoms with van der Waals surface area (Å²) in [4.78, 5) is 11.5. The van der Waals surface area contributed by atoms with Crippen molar-refractivity contribution in [1.82, 2.24) is 10.6 Å². The maximum Gasteiger partial charge on any atom is 0.234 e. The summed E-state index contributed by atoms with van der Waals surface area (Å²) in [6, 6.07) is 4.32. The third-order valence-electron chi connectivity index (χ3n) is 2.96. The summed E-state index contributed by atoms with van der Waals surface area (Å²) in [5.74, 6) is 0.0458. The van der Waals surface area contributed by atoms with Gasteiger partial charge in [0.15, 0.2) is 0 Å². The van der Waals surface area contributed by atoms with E-state index in [4.69, 9.17) is 0 Å². The molecule has 1 amide bonds. The lowest BCUT2D eigenvalue weighted by atomic mass is 10.0. The molecule has 1 aromatic rings. The summed E-state index contributed by atoms with van der Waals surface area (Å²) in [6.07, 6.45) is 0. The monoisotopic (exact) mass is 234 g/mol. The first-order valence-corrected chi connectivity index (χ1v) is 6.08. The van der Waals surface area contributed by atoms with Crippen molar-refractivity contribution in [3.63, 3.8) is 0 Å². The molecule has 0 aliphatic rings. The van der Waals surface area contributed by atoms with Crippen molar-refractivity contribution in [2.45, 2.75) is 34.2 Å². The number of hydrogen-bond acceptors (Lipinski definition) is 2. The molecule has 0 aromatic heterocycles. The Balaban J connectivity index is 2.57. The molecule has 94 valence electrons. The van der Waals surface area contributed by atoms with Gasteiger partial charge in [0.1, 0.15) is 0 Å². The number of likely N-dealkylation sites (N-methyl/N-ethyl adjacent to an activating group) is 1. The van der Waals surface area contributed by atoms with Gasteiger partial charge in [0.2, 0.25) is 5.91 Å². The molecule has 2 N–H and O–H groups in total. The van der Waals surface area contributed by atoms with Crippen LogP contribution in [0.2, 0.25) is 0 Å². The number of hydrogen-bond donors (Lipinski definition) is 2. The molecule has 1 rings (SSSR count). The number of aryl methyl sites for hydroxylation is 3. The molecular weight excluding hydrogens is 212 g/mol. The lowest BCUT2D eigenvalue weighted by molar-refractivity contribution is -0.120. The third-order valence-corrected chi connectivity index (χ3v) is 2.96. The summed E-state index contributed by atoms with van der Waals surface area (Å²) in [5.41, 5.74) is 4.99. The van der Waals surface area contributed by atoms with Crippen LogP contribution in [0.5, 0.6) is 0 Å². The molecule has 17 heavy (non-hydrogen) atoms. The first-order valence-electron chi connectivity index (χ1n) is 6.08. The van der Waals surface area contributed by atoms with Gasteiger partial charge in [0, 0.05) is 6.54 Å². The number of rotatable bonds is 5. The van der Waals surface area contributed by atoms with Gasteiger partial charge in [-0.25, -0.2) is 0 Å². The van der Waals surface area contributed by atoms with E-state index < -0.39 is 0 Å². The number of amides is 1. The molecule has 0 saturated carbocycles. The highest BCUT2D eigenvalue weighted by atomic mass is 16.1. The zero-order valence-corrected chi connectivity index (χ0v) is 11.2. The second-order valence-corrected chi connectivity index (χ2v) is 4.42. The quantitative estimate of drug-likeness (QED) is 0.816. The molecular formula is C14H22N2O. The van der Waals surface area contributed by atoms with Gasteiger partial charge in [0.05, 0.1) is 6.54 Å². The Bertz CT molecular complexity index is 399. The van der Waals surface area contributed by atoms with E-state index in [1.165, 1.54) is 22.3 Å². The van der Waals surface area contributed by atoms with Gasteiger partial charge >= 0.3 is 0 Å². The lowest BCUT2D eigenvalue weighted by Crippen LogP contribution is -2.33. The molecule has 0 bridgehead atoms. The second-order valence-electron chi connectivity index (χ2n) is 4.42. The molecule has 0 atom stereocenters. The molecule has 0 spiro atoms. The van der Waals surface area contributed by atoms with Crippen molar-refractivity contribution < 1.29 is 4.79 Å². The average molecular weight is 234 g/mol. The summed E-state index contributed by atoms with van der Waals surface area (Å²) in [5, 5.41) is 5.93. The highest BCUT2D eigenvalue weighted by Gasteiger charge is 2.04. The van der Waals surface area contributed by atoms with Crippen LogP contribution in [0.4, 0.5) is 0 Å². The van der Waals surface area contributed by atoms with Gasteiger partial charge in [-0.1, -0.05) is 19.1 Å². The second kappa shape index (κ2) is 6.40. The van der Waals surface area contributed by atoms with Crippen molar-refractivity contribution in [3.05, 3.63) is 34.4 Å². The minimum Gasteiger partial charge on any atom is -0.351 e. The number of carbonyl (C=O) groups excluding carboxylic acids is 1. The summed E-state index contributed by atoms with van der Waals surface area (Å²) >= 11 is 0. The zero-order valence-electron chi connectivity index (χ0n) is 11.2. The molecule has 0 saturated heterocycles. The molecule has 0 fully saturated rings. The van der Waals surface area contributed by atoms with E-state index in [2.05, 4.69) is 43.5 Å². The standard InChI is InChI=1S/C14H22N2O/c1-5-15-9-14(17)16-8-13-7-11(3)10(2)6-12(13)4/h6-7,15H,5,8-9H2,1-4H3,(H,16,17). The number of benzene rings is 1. The number of nitrogens with one attached hydrogen (secondary N) is 2. The van der Waals surface area contributed by atoms with Crippen LogP contribution in [0.15, 0.2) is 12.1 Å². The van der Waals surface area contributed by atoms with Crippen molar-refractivity contribution >= 4 is 5.91 Å². The highest BCUT2D eigenvalue weighted by molar-refractivity contribution is 5.78. The van der Waals surface area contributed by atoms with Crippen LogP contribution in [-0.4, -0.2) is 19.0 Å².